The molecule has 1 N–H and O–H groups in total. The van der Waals surface area contributed by atoms with E-state index in [2.05, 4.69) is 12.2 Å². The zero-order chi connectivity index (χ0) is 24.2. The molecule has 1 atom stereocenters. The van der Waals surface area contributed by atoms with E-state index in [0.717, 1.165) is 18.4 Å². The highest BCUT2D eigenvalue weighted by atomic mass is 35.5. The zero-order valence-electron chi connectivity index (χ0n) is 19.1. The first kappa shape index (κ1) is 27.3. The fourth-order valence-corrected chi connectivity index (χ4v) is 3.79. The molecule has 2 rings (SSSR count). The van der Waals surface area contributed by atoms with Crippen molar-refractivity contribution in [1.29, 1.82) is 0 Å². The Morgan fingerprint density at radius 3 is 2.36 bits per heavy atom. The van der Waals surface area contributed by atoms with Gasteiger partial charge in [-0.25, -0.2) is 0 Å². The third-order valence-corrected chi connectivity index (χ3v) is 6.16. The number of nitrogens with one attached hydrogen (secondary N) is 1. The Morgan fingerprint density at radius 2 is 1.73 bits per heavy atom. The smallest absolute Gasteiger partial charge is 0.242 e. The second-order valence-electron chi connectivity index (χ2n) is 7.74. The van der Waals surface area contributed by atoms with Crippen LogP contribution in [0.15, 0.2) is 42.5 Å². The molecule has 0 unspecified atom stereocenters. The van der Waals surface area contributed by atoms with Gasteiger partial charge >= 0.3 is 0 Å². The second-order valence-corrected chi connectivity index (χ2v) is 9.00. The quantitative estimate of drug-likeness (QED) is 0.310. The number of carbonyl (C=O) groups is 2. The van der Waals surface area contributed by atoms with E-state index in [4.69, 9.17) is 39.5 Å². The second kappa shape index (κ2) is 14.3. The molecule has 0 fully saturated rings. The van der Waals surface area contributed by atoms with Gasteiger partial charge in [0.1, 0.15) is 11.8 Å². The number of halogens is 3. The predicted octanol–water partition coefficient (Wildman–Crippen LogP) is 6.53. The van der Waals surface area contributed by atoms with Crippen molar-refractivity contribution in [2.45, 2.75) is 58.5 Å². The fourth-order valence-electron chi connectivity index (χ4n) is 3.35. The van der Waals surface area contributed by atoms with E-state index in [-0.39, 0.29) is 24.8 Å². The molecule has 2 amide bonds. The van der Waals surface area contributed by atoms with Crippen LogP contribution in [0.4, 0.5) is 0 Å². The Kier molecular flexibility index (Phi) is 11.9. The van der Waals surface area contributed by atoms with E-state index in [0.29, 0.717) is 46.8 Å². The minimum absolute atomic E-state index is 0.113. The van der Waals surface area contributed by atoms with E-state index < -0.39 is 6.04 Å². The van der Waals surface area contributed by atoms with Crippen LogP contribution >= 0.6 is 34.8 Å². The molecule has 8 heteroatoms. The number of benzene rings is 2. The summed E-state index contributed by atoms with van der Waals surface area (Å²) in [5.41, 5.74) is 0.815. The van der Waals surface area contributed by atoms with Crippen molar-refractivity contribution >= 4 is 46.6 Å². The lowest BCUT2D eigenvalue weighted by Crippen LogP contribution is -2.49. The van der Waals surface area contributed by atoms with Crippen molar-refractivity contribution in [3.63, 3.8) is 0 Å². The molecule has 0 heterocycles. The minimum Gasteiger partial charge on any atom is -0.494 e. The molecule has 33 heavy (non-hydrogen) atoms. The summed E-state index contributed by atoms with van der Waals surface area (Å²) in [7, 11) is 0. The van der Waals surface area contributed by atoms with Crippen molar-refractivity contribution in [2.24, 2.45) is 0 Å². The number of rotatable bonds is 13. The van der Waals surface area contributed by atoms with Gasteiger partial charge in [0.25, 0.3) is 0 Å². The summed E-state index contributed by atoms with van der Waals surface area (Å²) in [6, 6.07) is 11.8. The number of carbonyl (C=O) groups excluding carboxylic acids is 2. The molecule has 0 aliphatic carbocycles. The lowest BCUT2D eigenvalue weighted by atomic mass is 10.1. The maximum Gasteiger partial charge on any atom is 0.242 e. The summed E-state index contributed by atoms with van der Waals surface area (Å²) in [5, 5.41) is 4.45. The maximum absolute atomic E-state index is 13.2. The highest BCUT2D eigenvalue weighted by molar-refractivity contribution is 6.42. The van der Waals surface area contributed by atoms with Gasteiger partial charge in [0, 0.05) is 24.5 Å². The number of hydrogen-bond donors (Lipinski definition) is 1. The Labute approximate surface area is 211 Å². The summed E-state index contributed by atoms with van der Waals surface area (Å²) in [4.78, 5) is 27.7. The molecule has 2 aromatic rings. The van der Waals surface area contributed by atoms with Gasteiger partial charge in [-0.05, 0) is 61.2 Å². The Balaban J connectivity index is 2.06. The number of unbranched alkanes of at least 4 members (excludes halogenated alkanes) is 1. The van der Waals surface area contributed by atoms with Gasteiger partial charge < -0.3 is 15.0 Å². The van der Waals surface area contributed by atoms with Crippen molar-refractivity contribution in [3.05, 3.63) is 63.1 Å². The van der Waals surface area contributed by atoms with Gasteiger partial charge in [-0.3, -0.25) is 9.59 Å². The summed E-state index contributed by atoms with van der Waals surface area (Å²) in [6.07, 6.45) is 3.16. The van der Waals surface area contributed by atoms with Crippen LogP contribution in [0.1, 0.15) is 51.5 Å². The minimum atomic E-state index is -0.569. The number of hydrogen-bond acceptors (Lipinski definition) is 3. The van der Waals surface area contributed by atoms with E-state index in [1.165, 1.54) is 0 Å². The van der Waals surface area contributed by atoms with Crippen molar-refractivity contribution in [2.75, 3.05) is 13.2 Å². The molecule has 5 nitrogen and oxygen atoms in total. The van der Waals surface area contributed by atoms with Crippen LogP contribution in [-0.4, -0.2) is 35.9 Å². The summed E-state index contributed by atoms with van der Waals surface area (Å²) < 4.78 is 5.70. The molecule has 180 valence electrons. The van der Waals surface area contributed by atoms with Crippen molar-refractivity contribution in [1.82, 2.24) is 10.2 Å². The molecule has 0 aliphatic heterocycles. The van der Waals surface area contributed by atoms with Crippen LogP contribution < -0.4 is 10.1 Å². The monoisotopic (exact) mass is 512 g/mol. The fraction of sp³-hybridized carbons (Fsp3) is 0.440. The van der Waals surface area contributed by atoms with Gasteiger partial charge in [-0.1, -0.05) is 61.1 Å². The van der Waals surface area contributed by atoms with E-state index >= 15 is 0 Å². The summed E-state index contributed by atoms with van der Waals surface area (Å²) in [6.45, 7) is 5.22. The molecule has 0 saturated carbocycles. The van der Waals surface area contributed by atoms with Gasteiger partial charge in [-0.15, -0.1) is 0 Å². The molecule has 2 aromatic carbocycles. The van der Waals surface area contributed by atoms with E-state index in [1.807, 2.05) is 13.0 Å². The van der Waals surface area contributed by atoms with E-state index in [9.17, 15) is 9.59 Å². The highest BCUT2D eigenvalue weighted by Crippen LogP contribution is 2.24. The van der Waals surface area contributed by atoms with Crippen LogP contribution in [0.3, 0.4) is 0 Å². The first-order chi connectivity index (χ1) is 15.8. The van der Waals surface area contributed by atoms with Gasteiger partial charge in [0.2, 0.25) is 11.8 Å². The van der Waals surface area contributed by atoms with Crippen molar-refractivity contribution in [3.8, 4) is 5.75 Å². The van der Waals surface area contributed by atoms with Crippen LogP contribution in [-0.2, 0) is 16.1 Å². The molecule has 0 bridgehead atoms. The highest BCUT2D eigenvalue weighted by Gasteiger charge is 2.28. The molecular weight excluding hydrogens is 483 g/mol. The molecule has 0 saturated heterocycles. The predicted molar refractivity (Wildman–Crippen MR) is 135 cm³/mol. The molecule has 0 radical (unpaired) electrons. The van der Waals surface area contributed by atoms with Gasteiger partial charge in [-0.2, -0.15) is 0 Å². The Morgan fingerprint density at radius 1 is 1.00 bits per heavy atom. The number of nitrogens with zero attached hydrogens (tertiary/aromatic N) is 1. The average Bonchev–Trinajstić information content (AvgIpc) is 2.80. The third-order valence-electron chi connectivity index (χ3n) is 5.17. The molecule has 0 spiro atoms. The zero-order valence-corrected chi connectivity index (χ0v) is 21.3. The summed E-state index contributed by atoms with van der Waals surface area (Å²) >= 11 is 18.1. The van der Waals surface area contributed by atoms with Crippen LogP contribution in [0.5, 0.6) is 5.75 Å². The largest absolute Gasteiger partial charge is 0.494 e. The lowest BCUT2D eigenvalue weighted by Gasteiger charge is -2.31. The topological polar surface area (TPSA) is 58.6 Å². The normalized spacial score (nSPS) is 11.7. The van der Waals surface area contributed by atoms with Gasteiger partial charge in [0.15, 0.2) is 0 Å². The third kappa shape index (κ3) is 9.07. The van der Waals surface area contributed by atoms with Crippen LogP contribution in [0.2, 0.25) is 15.1 Å². The summed E-state index contributed by atoms with van der Waals surface area (Å²) in [5.74, 6) is 0.441. The number of ether oxygens (including phenoxy) is 1. The van der Waals surface area contributed by atoms with Gasteiger partial charge in [0.05, 0.1) is 16.7 Å². The van der Waals surface area contributed by atoms with E-state index in [1.54, 1.807) is 41.3 Å². The lowest BCUT2D eigenvalue weighted by molar-refractivity contribution is -0.141. The molecule has 0 aliphatic rings. The Hall–Kier alpha value is -1.95. The Bertz CT molecular complexity index is 906. The maximum atomic E-state index is 13.2. The number of amides is 2. The van der Waals surface area contributed by atoms with Crippen LogP contribution in [0.25, 0.3) is 0 Å². The SMILES string of the molecule is CCCCNC(=O)[C@H](CC)N(Cc1ccc(Cl)c(Cl)c1)C(=O)CCCOc1ccc(Cl)cc1. The molecule has 0 aromatic heterocycles. The van der Waals surface area contributed by atoms with Crippen molar-refractivity contribution < 1.29 is 14.3 Å². The standard InChI is InChI=1S/C25H31Cl3N2O3/c1-3-5-14-29-25(32)23(4-2)30(17-18-8-13-21(27)22(28)16-18)24(31)7-6-15-33-20-11-9-19(26)10-12-20/h8-13,16,23H,3-7,14-15,17H2,1-2H3,(H,29,32)/t23-/m0/s1. The first-order valence-electron chi connectivity index (χ1n) is 11.2. The molecular formula is C25H31Cl3N2O3. The van der Waals surface area contributed by atoms with Crippen LogP contribution in [0, 0.1) is 0 Å². The average molecular weight is 514 g/mol. The first-order valence-corrected chi connectivity index (χ1v) is 12.4.